The lowest BCUT2D eigenvalue weighted by Crippen LogP contribution is -2.16. The molecule has 1 aliphatic rings. The number of nitrogens with zero attached hydrogens (tertiary/aromatic N) is 1. The number of hydrogen-bond donors (Lipinski definition) is 1. The molecule has 2 aromatic carbocycles. The Labute approximate surface area is 191 Å². The molecule has 5 nitrogen and oxygen atoms in total. The highest BCUT2D eigenvalue weighted by molar-refractivity contribution is 5.99. The van der Waals surface area contributed by atoms with E-state index in [-0.39, 0.29) is 31.0 Å². The molecule has 1 saturated carbocycles. The number of halogens is 1. The van der Waals surface area contributed by atoms with E-state index in [0.717, 1.165) is 46.1 Å². The summed E-state index contributed by atoms with van der Waals surface area (Å²) in [5.41, 5.74) is 4.43. The fraction of sp³-hybridized carbons (Fsp3) is 0.296. The monoisotopic (exact) mass is 447 g/mol. The number of rotatable bonds is 9. The fourth-order valence-electron chi connectivity index (χ4n) is 3.96. The number of fused-ring (bicyclic) bond motifs is 1. The molecule has 1 heterocycles. The second kappa shape index (κ2) is 10.0. The lowest BCUT2D eigenvalue weighted by Gasteiger charge is -2.16. The maximum absolute atomic E-state index is 13.6. The molecular formula is C27H26FNO4. The van der Waals surface area contributed by atoms with Crippen LogP contribution >= 0.6 is 0 Å². The molecule has 1 fully saturated rings. The summed E-state index contributed by atoms with van der Waals surface area (Å²) in [4.78, 5) is 28.5. The summed E-state index contributed by atoms with van der Waals surface area (Å²) in [7, 11) is 0. The molecule has 33 heavy (non-hydrogen) atoms. The normalized spacial score (nSPS) is 14.5. The Morgan fingerprint density at radius 1 is 1.18 bits per heavy atom. The summed E-state index contributed by atoms with van der Waals surface area (Å²) in [6.07, 6.45) is 3.85. The minimum atomic E-state index is -1.05. The highest BCUT2D eigenvalue weighted by Gasteiger charge is 2.29. The topological polar surface area (TPSA) is 76.5 Å². The Balaban J connectivity index is 1.71. The SMILES string of the molecule is CCOC(=O)CC(=O)C[C@@H](O)/C=C\c1c(C2CC2)nc2ccccc2c1-c1ccc(F)cc1. The number of aliphatic hydroxyl groups is 1. The molecule has 0 spiro atoms. The van der Waals surface area contributed by atoms with Crippen LogP contribution in [0.4, 0.5) is 4.39 Å². The molecule has 0 radical (unpaired) electrons. The zero-order valence-electron chi connectivity index (χ0n) is 18.5. The number of ketones is 1. The van der Waals surface area contributed by atoms with Crippen LogP contribution in [0.3, 0.4) is 0 Å². The Morgan fingerprint density at radius 3 is 2.61 bits per heavy atom. The van der Waals surface area contributed by atoms with E-state index in [9.17, 15) is 19.1 Å². The number of pyridine rings is 1. The molecule has 1 atom stereocenters. The summed E-state index contributed by atoms with van der Waals surface area (Å²) in [5, 5.41) is 11.4. The van der Waals surface area contributed by atoms with Crippen molar-refractivity contribution in [3.8, 4) is 11.1 Å². The van der Waals surface area contributed by atoms with Crippen molar-refractivity contribution in [1.29, 1.82) is 0 Å². The van der Waals surface area contributed by atoms with Gasteiger partial charge in [0.2, 0.25) is 0 Å². The van der Waals surface area contributed by atoms with Crippen LogP contribution in [0.2, 0.25) is 0 Å². The maximum Gasteiger partial charge on any atom is 0.313 e. The number of carbonyl (C=O) groups is 2. The van der Waals surface area contributed by atoms with Crippen LogP contribution in [0.1, 0.15) is 49.8 Å². The number of Topliss-reactive ketones (excluding diaryl/α,β-unsaturated/α-hetero) is 1. The molecule has 1 aromatic heterocycles. The second-order valence-electron chi connectivity index (χ2n) is 8.24. The number of para-hydroxylation sites is 1. The first-order chi connectivity index (χ1) is 16.0. The Hall–Kier alpha value is -3.38. The average Bonchev–Trinajstić information content (AvgIpc) is 3.63. The number of hydrogen-bond acceptors (Lipinski definition) is 5. The predicted molar refractivity (Wildman–Crippen MR) is 125 cm³/mol. The molecule has 0 unspecified atom stereocenters. The number of aliphatic hydroxyl groups excluding tert-OH is 1. The Bertz CT molecular complexity index is 1200. The smallest absolute Gasteiger partial charge is 0.313 e. The summed E-state index contributed by atoms with van der Waals surface area (Å²) in [6, 6.07) is 14.2. The highest BCUT2D eigenvalue weighted by atomic mass is 19.1. The summed E-state index contributed by atoms with van der Waals surface area (Å²) in [5.74, 6) is -0.960. The van der Waals surface area contributed by atoms with Crippen molar-refractivity contribution in [1.82, 2.24) is 4.98 Å². The van der Waals surface area contributed by atoms with E-state index < -0.39 is 12.1 Å². The summed E-state index contributed by atoms with van der Waals surface area (Å²) in [6.45, 7) is 1.88. The van der Waals surface area contributed by atoms with E-state index in [1.807, 2.05) is 24.3 Å². The Morgan fingerprint density at radius 2 is 1.91 bits per heavy atom. The Kier molecular flexibility index (Phi) is 6.94. The minimum absolute atomic E-state index is 0.180. The average molecular weight is 448 g/mol. The van der Waals surface area contributed by atoms with Gasteiger partial charge >= 0.3 is 5.97 Å². The van der Waals surface area contributed by atoms with E-state index >= 15 is 0 Å². The van der Waals surface area contributed by atoms with Crippen molar-refractivity contribution in [2.45, 2.75) is 44.6 Å². The first kappa shape index (κ1) is 22.8. The molecule has 0 aliphatic heterocycles. The molecule has 170 valence electrons. The molecule has 4 rings (SSSR count). The quantitative estimate of drug-likeness (QED) is 0.360. The van der Waals surface area contributed by atoms with Gasteiger partial charge in [-0.05, 0) is 43.5 Å². The van der Waals surface area contributed by atoms with Gasteiger partial charge in [0, 0.05) is 28.9 Å². The number of carbonyl (C=O) groups excluding carboxylic acids is 2. The number of aromatic nitrogens is 1. The standard InChI is InChI=1S/C27H26FNO4/c1-2-33-25(32)16-21(31)15-20(30)13-14-23-26(17-9-11-19(28)12-10-17)22-5-3-4-6-24(22)29-27(23)18-7-8-18/h3-6,9-14,18,20,30H,2,7-8,15-16H2,1H3/b14-13-/t20-/m0/s1. The number of benzene rings is 2. The predicted octanol–water partition coefficient (Wildman–Crippen LogP) is 5.20. The van der Waals surface area contributed by atoms with E-state index in [0.29, 0.717) is 5.92 Å². The minimum Gasteiger partial charge on any atom is -0.466 e. The van der Waals surface area contributed by atoms with Crippen LogP contribution in [-0.2, 0) is 14.3 Å². The number of esters is 1. The molecule has 0 bridgehead atoms. The molecule has 0 amide bonds. The molecule has 3 aromatic rings. The van der Waals surface area contributed by atoms with E-state index in [1.54, 1.807) is 31.2 Å². The third-order valence-corrected chi connectivity index (χ3v) is 5.63. The van der Waals surface area contributed by atoms with Gasteiger partial charge in [-0.1, -0.05) is 42.5 Å². The van der Waals surface area contributed by atoms with Crippen molar-refractivity contribution < 1.29 is 23.8 Å². The van der Waals surface area contributed by atoms with Crippen LogP contribution in [0.25, 0.3) is 28.1 Å². The molecule has 1 N–H and O–H groups in total. The van der Waals surface area contributed by atoms with Gasteiger partial charge in [-0.15, -0.1) is 0 Å². The summed E-state index contributed by atoms with van der Waals surface area (Å²) < 4.78 is 18.4. The molecule has 0 saturated heterocycles. The van der Waals surface area contributed by atoms with Crippen LogP contribution in [0, 0.1) is 5.82 Å². The zero-order chi connectivity index (χ0) is 23.4. The van der Waals surface area contributed by atoms with E-state index in [1.165, 1.54) is 12.1 Å². The lowest BCUT2D eigenvalue weighted by molar-refractivity contribution is -0.145. The van der Waals surface area contributed by atoms with Gasteiger partial charge in [-0.2, -0.15) is 0 Å². The van der Waals surface area contributed by atoms with Crippen LogP contribution in [0.15, 0.2) is 54.6 Å². The fourth-order valence-corrected chi connectivity index (χ4v) is 3.96. The molecular weight excluding hydrogens is 421 g/mol. The van der Waals surface area contributed by atoms with Crippen molar-refractivity contribution in [3.63, 3.8) is 0 Å². The third-order valence-electron chi connectivity index (χ3n) is 5.63. The maximum atomic E-state index is 13.6. The second-order valence-corrected chi connectivity index (χ2v) is 8.24. The third kappa shape index (κ3) is 5.52. The van der Waals surface area contributed by atoms with Gasteiger partial charge in [0.1, 0.15) is 18.0 Å². The van der Waals surface area contributed by atoms with Crippen molar-refractivity contribution in [2.75, 3.05) is 6.61 Å². The van der Waals surface area contributed by atoms with Crippen LogP contribution < -0.4 is 0 Å². The zero-order valence-corrected chi connectivity index (χ0v) is 18.5. The largest absolute Gasteiger partial charge is 0.466 e. The van der Waals surface area contributed by atoms with Crippen LogP contribution in [0.5, 0.6) is 0 Å². The molecule has 1 aliphatic carbocycles. The van der Waals surface area contributed by atoms with Crippen molar-refractivity contribution >= 4 is 28.7 Å². The summed E-state index contributed by atoms with van der Waals surface area (Å²) >= 11 is 0. The van der Waals surface area contributed by atoms with Gasteiger partial charge in [0.15, 0.2) is 0 Å². The van der Waals surface area contributed by atoms with Gasteiger partial charge in [0.05, 0.1) is 23.9 Å². The highest BCUT2D eigenvalue weighted by Crippen LogP contribution is 2.45. The van der Waals surface area contributed by atoms with Crippen molar-refractivity contribution in [2.24, 2.45) is 0 Å². The first-order valence-corrected chi connectivity index (χ1v) is 11.2. The first-order valence-electron chi connectivity index (χ1n) is 11.2. The van der Waals surface area contributed by atoms with E-state index in [4.69, 9.17) is 9.72 Å². The van der Waals surface area contributed by atoms with Gasteiger partial charge in [-0.3, -0.25) is 14.6 Å². The van der Waals surface area contributed by atoms with Gasteiger partial charge < -0.3 is 9.84 Å². The van der Waals surface area contributed by atoms with Gasteiger partial charge in [0.25, 0.3) is 0 Å². The van der Waals surface area contributed by atoms with Crippen molar-refractivity contribution in [3.05, 3.63) is 71.7 Å². The number of ether oxygens (including phenoxy) is 1. The van der Waals surface area contributed by atoms with Crippen LogP contribution in [-0.4, -0.2) is 34.6 Å². The molecule has 6 heteroatoms. The van der Waals surface area contributed by atoms with Gasteiger partial charge in [-0.25, -0.2) is 4.39 Å². The van der Waals surface area contributed by atoms with E-state index in [2.05, 4.69) is 0 Å². The lowest BCUT2D eigenvalue weighted by atomic mass is 9.92.